The predicted octanol–water partition coefficient (Wildman–Crippen LogP) is 3.80. The first-order chi connectivity index (χ1) is 13.0. The summed E-state index contributed by atoms with van der Waals surface area (Å²) in [7, 11) is 0. The molecule has 1 N–H and O–H groups in total. The molecule has 1 aliphatic rings. The summed E-state index contributed by atoms with van der Waals surface area (Å²) in [6.07, 6.45) is 4.88. The largest absolute Gasteiger partial charge is 0.342 e. The van der Waals surface area contributed by atoms with Crippen LogP contribution in [0.25, 0.3) is 0 Å². The van der Waals surface area contributed by atoms with Gasteiger partial charge in [0, 0.05) is 41.6 Å². The molecule has 27 heavy (non-hydrogen) atoms. The highest BCUT2D eigenvalue weighted by molar-refractivity contribution is 7.98. The molecule has 3 rings (SSSR count). The number of nitrogens with zero attached hydrogens (tertiary/aromatic N) is 2. The van der Waals surface area contributed by atoms with Crippen molar-refractivity contribution in [2.24, 2.45) is 5.92 Å². The Balaban J connectivity index is 1.63. The molecule has 1 amide bonds. The van der Waals surface area contributed by atoms with E-state index in [1.54, 1.807) is 11.8 Å². The number of thioether (sulfide) groups is 1. The number of aromatic amines is 1. The van der Waals surface area contributed by atoms with E-state index in [1.807, 2.05) is 49.3 Å². The highest BCUT2D eigenvalue weighted by Crippen LogP contribution is 2.27. The van der Waals surface area contributed by atoms with Crippen LogP contribution in [0.4, 0.5) is 0 Å². The molecule has 0 spiro atoms. The smallest absolute Gasteiger partial charge is 0.222 e. The molecule has 1 aromatic heterocycles. The fourth-order valence-corrected chi connectivity index (χ4v) is 4.42. The first kappa shape index (κ1) is 19.7. The van der Waals surface area contributed by atoms with E-state index in [2.05, 4.69) is 10.2 Å². The predicted molar refractivity (Wildman–Crippen MR) is 108 cm³/mol. The Hall–Kier alpha value is -2.08. The molecule has 2 heterocycles. The average Bonchev–Trinajstić information content (AvgIpc) is 3.03. The number of rotatable bonds is 6. The summed E-state index contributed by atoms with van der Waals surface area (Å²) >= 11 is 1.59. The standard InChI is InChI=1S/C21H27N3O2S/c1-14-17(15(2)23-22-14)10-11-20(25)24-12-6-7-16(13-24)21(26)18-8-4-5-9-19(18)27-3/h4-5,8-9,16H,6-7,10-13H2,1-3H3,(H,22,23)/t16-/m0/s1. The van der Waals surface area contributed by atoms with Crippen molar-refractivity contribution >= 4 is 23.5 Å². The minimum absolute atomic E-state index is 0.103. The van der Waals surface area contributed by atoms with Crippen LogP contribution >= 0.6 is 11.8 Å². The maximum atomic E-state index is 13.0. The van der Waals surface area contributed by atoms with Crippen LogP contribution in [0.3, 0.4) is 0 Å². The normalized spacial score (nSPS) is 17.1. The summed E-state index contributed by atoms with van der Waals surface area (Å²) in [5.41, 5.74) is 3.90. The molecular formula is C21H27N3O2S. The number of Topliss-reactive ketones (excluding diaryl/α,β-unsaturated/α-hetero) is 1. The Kier molecular flexibility index (Phi) is 6.37. The molecule has 0 radical (unpaired) electrons. The van der Waals surface area contributed by atoms with Crippen molar-refractivity contribution in [2.75, 3.05) is 19.3 Å². The summed E-state index contributed by atoms with van der Waals surface area (Å²) in [4.78, 5) is 28.6. The number of carbonyl (C=O) groups excluding carboxylic acids is 2. The molecule has 1 fully saturated rings. The first-order valence-electron chi connectivity index (χ1n) is 9.46. The minimum atomic E-state index is -0.103. The van der Waals surface area contributed by atoms with Crippen molar-refractivity contribution in [3.63, 3.8) is 0 Å². The van der Waals surface area contributed by atoms with Crippen molar-refractivity contribution in [3.8, 4) is 0 Å². The third-order valence-electron chi connectivity index (χ3n) is 5.39. The van der Waals surface area contributed by atoms with Crippen molar-refractivity contribution in [3.05, 3.63) is 46.8 Å². The molecule has 6 heteroatoms. The molecule has 1 aromatic carbocycles. The molecule has 0 unspecified atom stereocenters. The highest BCUT2D eigenvalue weighted by atomic mass is 32.2. The van der Waals surface area contributed by atoms with Gasteiger partial charge in [0.25, 0.3) is 0 Å². The van der Waals surface area contributed by atoms with E-state index < -0.39 is 0 Å². The van der Waals surface area contributed by atoms with Crippen molar-refractivity contribution in [1.29, 1.82) is 0 Å². The van der Waals surface area contributed by atoms with Gasteiger partial charge in [-0.25, -0.2) is 0 Å². The van der Waals surface area contributed by atoms with Crippen LogP contribution in [0.5, 0.6) is 0 Å². The van der Waals surface area contributed by atoms with Gasteiger partial charge in [-0.3, -0.25) is 14.7 Å². The number of piperidine rings is 1. The summed E-state index contributed by atoms with van der Waals surface area (Å²) in [6.45, 7) is 5.22. The van der Waals surface area contributed by atoms with Crippen molar-refractivity contribution < 1.29 is 9.59 Å². The van der Waals surface area contributed by atoms with E-state index in [0.29, 0.717) is 19.4 Å². The van der Waals surface area contributed by atoms with Crippen LogP contribution in [-0.2, 0) is 11.2 Å². The summed E-state index contributed by atoms with van der Waals surface area (Å²) in [5, 5.41) is 7.16. The van der Waals surface area contributed by atoms with Gasteiger partial charge in [-0.1, -0.05) is 18.2 Å². The number of H-pyrrole nitrogens is 1. The molecule has 1 atom stereocenters. The van der Waals surface area contributed by atoms with Crippen LogP contribution < -0.4 is 0 Å². The third-order valence-corrected chi connectivity index (χ3v) is 6.18. The molecular weight excluding hydrogens is 358 g/mol. The Morgan fingerprint density at radius 1 is 1.30 bits per heavy atom. The lowest BCUT2D eigenvalue weighted by molar-refractivity contribution is -0.132. The molecule has 144 valence electrons. The van der Waals surface area contributed by atoms with E-state index in [9.17, 15) is 9.59 Å². The molecule has 0 saturated carbocycles. The molecule has 1 saturated heterocycles. The van der Waals surface area contributed by atoms with Gasteiger partial charge in [-0.05, 0) is 51.0 Å². The molecule has 0 aliphatic carbocycles. The van der Waals surface area contributed by atoms with Crippen molar-refractivity contribution in [2.45, 2.75) is 44.4 Å². The molecule has 0 bridgehead atoms. The topological polar surface area (TPSA) is 66.1 Å². The Morgan fingerprint density at radius 2 is 2.07 bits per heavy atom. The second kappa shape index (κ2) is 8.74. The zero-order valence-corrected chi connectivity index (χ0v) is 17.1. The number of aromatic nitrogens is 2. The van der Waals surface area contributed by atoms with E-state index in [0.717, 1.165) is 46.8 Å². The SMILES string of the molecule is CSc1ccccc1C(=O)[C@H]1CCCN(C(=O)CCc2c(C)n[nH]c2C)C1. The quantitative estimate of drug-likeness (QED) is 0.607. The number of amides is 1. The van der Waals surface area contributed by atoms with Crippen LogP contribution in [0.2, 0.25) is 0 Å². The summed E-state index contributed by atoms with van der Waals surface area (Å²) < 4.78 is 0. The third kappa shape index (κ3) is 4.43. The van der Waals surface area contributed by atoms with Crippen LogP contribution in [0.15, 0.2) is 29.2 Å². The van der Waals surface area contributed by atoms with Crippen LogP contribution in [-0.4, -0.2) is 46.1 Å². The van der Waals surface area contributed by atoms with Crippen LogP contribution in [0.1, 0.15) is 46.6 Å². The minimum Gasteiger partial charge on any atom is -0.342 e. The Bertz CT molecular complexity index is 811. The van der Waals surface area contributed by atoms with Crippen LogP contribution in [0, 0.1) is 19.8 Å². The Morgan fingerprint density at radius 3 is 2.78 bits per heavy atom. The highest BCUT2D eigenvalue weighted by Gasteiger charge is 2.29. The van der Waals surface area contributed by atoms with Gasteiger partial charge < -0.3 is 4.90 Å². The zero-order chi connectivity index (χ0) is 19.4. The monoisotopic (exact) mass is 385 g/mol. The lowest BCUT2D eigenvalue weighted by atomic mass is 9.89. The number of hydrogen-bond acceptors (Lipinski definition) is 4. The van der Waals surface area contributed by atoms with E-state index in [-0.39, 0.29) is 17.6 Å². The number of hydrogen-bond donors (Lipinski definition) is 1. The fraction of sp³-hybridized carbons (Fsp3) is 0.476. The number of nitrogens with one attached hydrogen (secondary N) is 1. The summed E-state index contributed by atoms with van der Waals surface area (Å²) in [6, 6.07) is 7.76. The van der Waals surface area contributed by atoms with Gasteiger partial charge in [0.1, 0.15) is 0 Å². The maximum absolute atomic E-state index is 13.0. The van der Waals surface area contributed by atoms with Gasteiger partial charge in [0.15, 0.2) is 5.78 Å². The van der Waals surface area contributed by atoms with E-state index in [4.69, 9.17) is 0 Å². The number of aryl methyl sites for hydroxylation is 2. The number of likely N-dealkylation sites (tertiary alicyclic amines) is 1. The second-order valence-electron chi connectivity index (χ2n) is 7.16. The van der Waals surface area contributed by atoms with Gasteiger partial charge in [0.2, 0.25) is 5.91 Å². The van der Waals surface area contributed by atoms with E-state index >= 15 is 0 Å². The number of carbonyl (C=O) groups is 2. The van der Waals surface area contributed by atoms with Gasteiger partial charge in [-0.2, -0.15) is 5.10 Å². The molecule has 1 aliphatic heterocycles. The molecule has 2 aromatic rings. The lowest BCUT2D eigenvalue weighted by Crippen LogP contribution is -2.42. The average molecular weight is 386 g/mol. The fourth-order valence-electron chi connectivity index (χ4n) is 3.82. The van der Waals surface area contributed by atoms with Crippen molar-refractivity contribution in [1.82, 2.24) is 15.1 Å². The Labute approximate surface area is 164 Å². The summed E-state index contributed by atoms with van der Waals surface area (Å²) in [5.74, 6) is 0.193. The lowest BCUT2D eigenvalue weighted by Gasteiger charge is -2.32. The number of benzene rings is 1. The second-order valence-corrected chi connectivity index (χ2v) is 8.00. The zero-order valence-electron chi connectivity index (χ0n) is 16.2. The molecule has 5 nitrogen and oxygen atoms in total. The number of ketones is 1. The van der Waals surface area contributed by atoms with E-state index in [1.165, 1.54) is 0 Å². The van der Waals surface area contributed by atoms with Gasteiger partial charge in [0.05, 0.1) is 5.69 Å². The maximum Gasteiger partial charge on any atom is 0.222 e. The van der Waals surface area contributed by atoms with Gasteiger partial charge >= 0.3 is 0 Å². The van der Waals surface area contributed by atoms with Gasteiger partial charge in [-0.15, -0.1) is 11.8 Å². The first-order valence-corrected chi connectivity index (χ1v) is 10.7.